The Balaban J connectivity index is 3.71. The van der Waals surface area contributed by atoms with Crippen molar-refractivity contribution >= 4 is 0 Å². The number of nitrogens with zero attached hydrogens (tertiary/aromatic N) is 2. The Kier molecular flexibility index (Phi) is 10.7. The molecule has 1 unspecified atom stereocenters. The SMILES string of the molecule is CCN(CCCN(C)C)C(C)CCCNC(C)C. The maximum absolute atomic E-state index is 3.49. The maximum atomic E-state index is 3.49. The van der Waals surface area contributed by atoms with Crippen LogP contribution in [0.2, 0.25) is 0 Å². The Hall–Kier alpha value is -0.120. The Morgan fingerprint density at radius 3 is 2.17 bits per heavy atom. The summed E-state index contributed by atoms with van der Waals surface area (Å²) in [5.74, 6) is 0. The first-order valence-corrected chi connectivity index (χ1v) is 7.59. The van der Waals surface area contributed by atoms with Crippen LogP contribution in [0.15, 0.2) is 0 Å². The molecule has 0 fully saturated rings. The van der Waals surface area contributed by atoms with Gasteiger partial charge in [0.25, 0.3) is 0 Å². The fourth-order valence-electron chi connectivity index (χ4n) is 2.25. The van der Waals surface area contributed by atoms with Crippen LogP contribution >= 0.6 is 0 Å². The fraction of sp³-hybridized carbons (Fsp3) is 1.00. The van der Waals surface area contributed by atoms with Crippen molar-refractivity contribution in [3.63, 3.8) is 0 Å². The third-order valence-corrected chi connectivity index (χ3v) is 3.43. The molecule has 0 aliphatic rings. The number of nitrogens with one attached hydrogen (secondary N) is 1. The topological polar surface area (TPSA) is 18.5 Å². The van der Waals surface area contributed by atoms with Crippen LogP contribution < -0.4 is 5.32 Å². The van der Waals surface area contributed by atoms with Crippen molar-refractivity contribution in [3.8, 4) is 0 Å². The molecule has 0 aliphatic heterocycles. The second kappa shape index (κ2) is 10.8. The zero-order valence-corrected chi connectivity index (χ0v) is 13.5. The normalized spacial score (nSPS) is 13.8. The van der Waals surface area contributed by atoms with E-state index in [1.807, 2.05) is 0 Å². The quantitative estimate of drug-likeness (QED) is 0.574. The van der Waals surface area contributed by atoms with Crippen molar-refractivity contribution in [2.24, 2.45) is 0 Å². The Labute approximate surface area is 115 Å². The second-order valence-electron chi connectivity index (χ2n) is 5.89. The predicted octanol–water partition coefficient (Wildman–Crippen LogP) is 2.43. The van der Waals surface area contributed by atoms with E-state index in [1.54, 1.807) is 0 Å². The van der Waals surface area contributed by atoms with Gasteiger partial charge in [-0.3, -0.25) is 0 Å². The van der Waals surface area contributed by atoms with E-state index < -0.39 is 0 Å². The van der Waals surface area contributed by atoms with Crippen LogP contribution in [0.5, 0.6) is 0 Å². The average molecular weight is 257 g/mol. The Morgan fingerprint density at radius 2 is 1.67 bits per heavy atom. The van der Waals surface area contributed by atoms with Gasteiger partial charge in [-0.2, -0.15) is 0 Å². The Morgan fingerprint density at radius 1 is 1.00 bits per heavy atom. The molecule has 0 aromatic carbocycles. The molecule has 1 N–H and O–H groups in total. The standard InChI is InChI=1S/C15H35N3/c1-7-18(13-9-12-17(5)6)15(4)10-8-11-16-14(2)3/h14-16H,7-13H2,1-6H3. The molecule has 0 aliphatic carbocycles. The lowest BCUT2D eigenvalue weighted by molar-refractivity contribution is 0.196. The largest absolute Gasteiger partial charge is 0.315 e. The van der Waals surface area contributed by atoms with E-state index in [9.17, 15) is 0 Å². The highest BCUT2D eigenvalue weighted by Crippen LogP contribution is 2.07. The molecule has 0 bridgehead atoms. The van der Waals surface area contributed by atoms with E-state index >= 15 is 0 Å². The van der Waals surface area contributed by atoms with Crippen molar-refractivity contribution in [1.29, 1.82) is 0 Å². The minimum atomic E-state index is 0.614. The maximum Gasteiger partial charge on any atom is 0.00672 e. The molecule has 0 spiro atoms. The van der Waals surface area contributed by atoms with Crippen molar-refractivity contribution < 1.29 is 0 Å². The molecule has 0 aromatic heterocycles. The summed E-state index contributed by atoms with van der Waals surface area (Å²) in [5.41, 5.74) is 0. The first kappa shape index (κ1) is 17.9. The molecule has 110 valence electrons. The summed E-state index contributed by atoms with van der Waals surface area (Å²) in [7, 11) is 4.30. The molecular weight excluding hydrogens is 222 g/mol. The van der Waals surface area contributed by atoms with Crippen molar-refractivity contribution in [2.75, 3.05) is 40.3 Å². The number of rotatable bonds is 11. The van der Waals surface area contributed by atoms with Crippen molar-refractivity contribution in [3.05, 3.63) is 0 Å². The van der Waals surface area contributed by atoms with Gasteiger partial charge in [-0.15, -0.1) is 0 Å². The van der Waals surface area contributed by atoms with Crippen molar-refractivity contribution in [2.45, 2.75) is 59.0 Å². The molecule has 1 atom stereocenters. The van der Waals surface area contributed by atoms with Gasteiger partial charge in [0, 0.05) is 12.1 Å². The zero-order chi connectivity index (χ0) is 14.0. The molecule has 18 heavy (non-hydrogen) atoms. The summed E-state index contributed by atoms with van der Waals surface area (Å²) >= 11 is 0. The summed E-state index contributed by atoms with van der Waals surface area (Å²) in [6.07, 6.45) is 3.86. The van der Waals surface area contributed by atoms with Gasteiger partial charge in [0.1, 0.15) is 0 Å². The molecule has 3 nitrogen and oxygen atoms in total. The average Bonchev–Trinajstić information content (AvgIpc) is 2.29. The summed E-state index contributed by atoms with van der Waals surface area (Å²) < 4.78 is 0. The molecule has 0 heterocycles. The van der Waals surface area contributed by atoms with Crippen LogP contribution in [0.1, 0.15) is 47.0 Å². The minimum absolute atomic E-state index is 0.614. The van der Waals surface area contributed by atoms with Gasteiger partial charge in [-0.25, -0.2) is 0 Å². The number of hydrogen-bond donors (Lipinski definition) is 1. The zero-order valence-electron chi connectivity index (χ0n) is 13.5. The van der Waals surface area contributed by atoms with Crippen LogP contribution in [-0.4, -0.2) is 62.2 Å². The molecule has 0 saturated heterocycles. The fourth-order valence-corrected chi connectivity index (χ4v) is 2.25. The van der Waals surface area contributed by atoms with Crippen LogP contribution in [0.3, 0.4) is 0 Å². The molecule has 0 rings (SSSR count). The molecule has 3 heteroatoms. The molecule has 0 saturated carbocycles. The molecule has 0 aromatic rings. The first-order valence-electron chi connectivity index (χ1n) is 7.59. The molecule has 0 radical (unpaired) electrons. The molecule has 0 amide bonds. The summed E-state index contributed by atoms with van der Waals surface area (Å²) in [6, 6.07) is 1.33. The lowest BCUT2D eigenvalue weighted by Gasteiger charge is -2.28. The van der Waals surface area contributed by atoms with E-state index in [2.05, 4.69) is 56.9 Å². The van der Waals surface area contributed by atoms with Crippen molar-refractivity contribution in [1.82, 2.24) is 15.1 Å². The highest BCUT2D eigenvalue weighted by molar-refractivity contribution is 4.67. The monoisotopic (exact) mass is 257 g/mol. The van der Waals surface area contributed by atoms with Gasteiger partial charge in [-0.05, 0) is 66.5 Å². The highest BCUT2D eigenvalue weighted by Gasteiger charge is 2.11. The predicted molar refractivity (Wildman–Crippen MR) is 82.3 cm³/mol. The highest BCUT2D eigenvalue weighted by atomic mass is 15.1. The number of hydrogen-bond acceptors (Lipinski definition) is 3. The van der Waals surface area contributed by atoms with E-state index in [4.69, 9.17) is 0 Å². The van der Waals surface area contributed by atoms with E-state index in [1.165, 1.54) is 38.9 Å². The lowest BCUT2D eigenvalue weighted by Crippen LogP contribution is -2.35. The third-order valence-electron chi connectivity index (χ3n) is 3.43. The third kappa shape index (κ3) is 9.86. The van der Waals surface area contributed by atoms with E-state index in [-0.39, 0.29) is 0 Å². The first-order chi connectivity index (χ1) is 8.47. The summed E-state index contributed by atoms with van der Waals surface area (Å²) in [4.78, 5) is 4.88. The summed E-state index contributed by atoms with van der Waals surface area (Å²) in [6.45, 7) is 13.8. The minimum Gasteiger partial charge on any atom is -0.315 e. The van der Waals surface area contributed by atoms with Gasteiger partial charge in [0.05, 0.1) is 0 Å². The van der Waals surface area contributed by atoms with Gasteiger partial charge >= 0.3 is 0 Å². The van der Waals surface area contributed by atoms with Crippen LogP contribution in [-0.2, 0) is 0 Å². The lowest BCUT2D eigenvalue weighted by atomic mass is 10.1. The van der Waals surface area contributed by atoms with E-state index in [0.29, 0.717) is 12.1 Å². The smallest absolute Gasteiger partial charge is 0.00672 e. The van der Waals surface area contributed by atoms with Gasteiger partial charge in [0.15, 0.2) is 0 Å². The van der Waals surface area contributed by atoms with Crippen LogP contribution in [0.4, 0.5) is 0 Å². The Bertz CT molecular complexity index is 181. The molecular formula is C15H35N3. The van der Waals surface area contributed by atoms with Gasteiger partial charge < -0.3 is 15.1 Å². The summed E-state index contributed by atoms with van der Waals surface area (Å²) in [5, 5.41) is 3.49. The van der Waals surface area contributed by atoms with Crippen LogP contribution in [0, 0.1) is 0 Å². The van der Waals surface area contributed by atoms with E-state index in [0.717, 1.165) is 6.54 Å². The van der Waals surface area contributed by atoms with Gasteiger partial charge in [-0.1, -0.05) is 20.8 Å². The van der Waals surface area contributed by atoms with Gasteiger partial charge in [0.2, 0.25) is 0 Å². The second-order valence-corrected chi connectivity index (χ2v) is 5.89. The van der Waals surface area contributed by atoms with Crippen LogP contribution in [0.25, 0.3) is 0 Å².